The summed E-state index contributed by atoms with van der Waals surface area (Å²) in [5.41, 5.74) is 0.665. The van der Waals surface area contributed by atoms with Gasteiger partial charge in [0.05, 0.1) is 16.8 Å². The molecule has 1 aromatic heterocycles. The van der Waals surface area contributed by atoms with E-state index in [2.05, 4.69) is 21.2 Å². The first-order valence-electron chi connectivity index (χ1n) is 5.40. The summed E-state index contributed by atoms with van der Waals surface area (Å²) in [5.74, 6) is -0.497. The molecule has 1 N–H and O–H groups in total. The molecule has 0 saturated carbocycles. The van der Waals surface area contributed by atoms with Crippen molar-refractivity contribution in [3.63, 3.8) is 0 Å². The van der Waals surface area contributed by atoms with E-state index < -0.39 is 17.7 Å². The molecule has 2 aromatic rings. The zero-order chi connectivity index (χ0) is 13.3. The molecule has 0 bridgehead atoms. The average molecular weight is 316 g/mol. The molecule has 5 heteroatoms. The van der Waals surface area contributed by atoms with E-state index in [1.165, 1.54) is 18.4 Å². The average Bonchev–Trinajstić information content (AvgIpc) is 2.76. The van der Waals surface area contributed by atoms with E-state index in [0.717, 1.165) is 0 Å². The number of halogens is 3. The largest absolute Gasteiger partial charge is 0.469 e. The van der Waals surface area contributed by atoms with Crippen molar-refractivity contribution in [1.29, 1.82) is 0 Å². The van der Waals surface area contributed by atoms with Crippen LogP contribution in [0.4, 0.5) is 8.78 Å². The van der Waals surface area contributed by atoms with Gasteiger partial charge >= 0.3 is 0 Å². The maximum Gasteiger partial charge on any atom is 0.145 e. The van der Waals surface area contributed by atoms with Crippen LogP contribution in [0.5, 0.6) is 0 Å². The fourth-order valence-corrected chi connectivity index (χ4v) is 2.25. The third-order valence-electron chi connectivity index (χ3n) is 2.74. The highest BCUT2D eigenvalue weighted by atomic mass is 79.9. The smallest absolute Gasteiger partial charge is 0.145 e. The number of furan rings is 1. The third kappa shape index (κ3) is 2.33. The summed E-state index contributed by atoms with van der Waals surface area (Å²) in [6.45, 7) is 1.78. The second-order valence-corrected chi connectivity index (χ2v) is 4.82. The maximum atomic E-state index is 14.0. The summed E-state index contributed by atoms with van der Waals surface area (Å²) in [4.78, 5) is 0. The monoisotopic (exact) mass is 315 g/mol. The van der Waals surface area contributed by atoms with Crippen molar-refractivity contribution in [2.75, 3.05) is 7.05 Å². The Morgan fingerprint density at radius 1 is 1.33 bits per heavy atom. The van der Waals surface area contributed by atoms with E-state index in [0.29, 0.717) is 11.3 Å². The highest BCUT2D eigenvalue weighted by Crippen LogP contribution is 2.31. The molecule has 18 heavy (non-hydrogen) atoms. The number of hydrogen-bond donors (Lipinski definition) is 1. The summed E-state index contributed by atoms with van der Waals surface area (Å²) >= 11 is 3.06. The van der Waals surface area contributed by atoms with Crippen molar-refractivity contribution < 1.29 is 13.2 Å². The lowest BCUT2D eigenvalue weighted by atomic mass is 10.00. The second kappa shape index (κ2) is 5.20. The molecule has 2 rings (SSSR count). The molecule has 0 aliphatic rings. The summed E-state index contributed by atoms with van der Waals surface area (Å²) in [5, 5.41) is 2.90. The van der Waals surface area contributed by atoms with Gasteiger partial charge < -0.3 is 9.73 Å². The lowest BCUT2D eigenvalue weighted by Crippen LogP contribution is -2.20. The van der Waals surface area contributed by atoms with Gasteiger partial charge in [-0.2, -0.15) is 0 Å². The molecular weight excluding hydrogens is 304 g/mol. The van der Waals surface area contributed by atoms with Gasteiger partial charge in [0.15, 0.2) is 0 Å². The highest BCUT2D eigenvalue weighted by molar-refractivity contribution is 9.10. The van der Waals surface area contributed by atoms with Crippen LogP contribution in [0.15, 0.2) is 33.4 Å². The van der Waals surface area contributed by atoms with Gasteiger partial charge in [0.25, 0.3) is 0 Å². The van der Waals surface area contributed by atoms with E-state index in [-0.39, 0.29) is 10.0 Å². The summed E-state index contributed by atoms with van der Waals surface area (Å²) in [6.07, 6.45) is 1.50. The molecule has 1 unspecified atom stereocenters. The van der Waals surface area contributed by atoms with Crippen molar-refractivity contribution in [1.82, 2.24) is 5.32 Å². The molecule has 0 radical (unpaired) electrons. The van der Waals surface area contributed by atoms with E-state index in [1.807, 2.05) is 0 Å². The Bertz CT molecular complexity index is 568. The minimum Gasteiger partial charge on any atom is -0.469 e. The first kappa shape index (κ1) is 13.2. The summed E-state index contributed by atoms with van der Waals surface area (Å²) < 4.78 is 33.3. The zero-order valence-corrected chi connectivity index (χ0v) is 11.5. The minimum atomic E-state index is -0.604. The maximum absolute atomic E-state index is 14.0. The van der Waals surface area contributed by atoms with Crippen LogP contribution in [0.1, 0.15) is 22.9 Å². The molecule has 0 saturated heterocycles. The topological polar surface area (TPSA) is 25.2 Å². The normalized spacial score (nSPS) is 12.7. The third-order valence-corrected chi connectivity index (χ3v) is 3.35. The number of nitrogens with one attached hydrogen (secondary N) is 1. The molecule has 0 aliphatic heterocycles. The molecule has 1 aromatic carbocycles. The predicted molar refractivity (Wildman–Crippen MR) is 68.4 cm³/mol. The predicted octanol–water partition coefficient (Wildman–Crippen LogP) is 3.94. The van der Waals surface area contributed by atoms with Crippen molar-refractivity contribution in [3.05, 3.63) is 57.5 Å². The molecule has 0 amide bonds. The van der Waals surface area contributed by atoms with Crippen LogP contribution >= 0.6 is 15.9 Å². The minimum absolute atomic E-state index is 0.0207. The highest BCUT2D eigenvalue weighted by Gasteiger charge is 2.23. The number of benzene rings is 1. The van der Waals surface area contributed by atoms with E-state index in [1.54, 1.807) is 20.0 Å². The Kier molecular flexibility index (Phi) is 3.82. The Morgan fingerprint density at radius 2 is 2.06 bits per heavy atom. The van der Waals surface area contributed by atoms with Crippen molar-refractivity contribution >= 4 is 15.9 Å². The van der Waals surface area contributed by atoms with Crippen molar-refractivity contribution in [2.45, 2.75) is 13.0 Å². The molecular formula is C13H12BrF2NO. The van der Waals surface area contributed by atoms with Crippen LogP contribution in [-0.2, 0) is 0 Å². The first-order chi connectivity index (χ1) is 8.54. The molecule has 96 valence electrons. The van der Waals surface area contributed by atoms with Gasteiger partial charge in [-0.15, -0.1) is 0 Å². The van der Waals surface area contributed by atoms with E-state index in [4.69, 9.17) is 4.42 Å². The quantitative estimate of drug-likeness (QED) is 0.868. The van der Waals surface area contributed by atoms with Gasteiger partial charge in [-0.25, -0.2) is 8.78 Å². The lowest BCUT2D eigenvalue weighted by molar-refractivity contribution is 0.507. The Hall–Kier alpha value is -1.20. The fraction of sp³-hybridized carbons (Fsp3) is 0.231. The standard InChI is InChI=1S/C13H12BrF2NO/c1-7-5-8(6-18-7)13(17-2)11-10(15)4-3-9(14)12(11)16/h3-6,13,17H,1-2H3. The number of hydrogen-bond acceptors (Lipinski definition) is 2. The summed E-state index contributed by atoms with van der Waals surface area (Å²) in [7, 11) is 1.65. The second-order valence-electron chi connectivity index (χ2n) is 3.97. The summed E-state index contributed by atoms with van der Waals surface area (Å²) in [6, 6.07) is 3.75. The van der Waals surface area contributed by atoms with Crippen LogP contribution in [0.3, 0.4) is 0 Å². The SMILES string of the molecule is CNC(c1coc(C)c1)c1c(F)ccc(Br)c1F. The van der Waals surface area contributed by atoms with Gasteiger partial charge in [-0.05, 0) is 48.1 Å². The van der Waals surface area contributed by atoms with Gasteiger partial charge in [0.2, 0.25) is 0 Å². The lowest BCUT2D eigenvalue weighted by Gasteiger charge is -2.17. The van der Waals surface area contributed by atoms with Crippen LogP contribution in [0, 0.1) is 18.6 Å². The number of aryl methyl sites for hydroxylation is 1. The molecule has 0 fully saturated rings. The van der Waals surface area contributed by atoms with Gasteiger partial charge in [-0.3, -0.25) is 0 Å². The Labute approximate surface area is 112 Å². The fourth-order valence-electron chi connectivity index (χ4n) is 1.90. The molecule has 2 nitrogen and oxygen atoms in total. The molecule has 1 atom stereocenters. The van der Waals surface area contributed by atoms with Crippen LogP contribution in [0.2, 0.25) is 0 Å². The van der Waals surface area contributed by atoms with E-state index >= 15 is 0 Å². The van der Waals surface area contributed by atoms with Crippen LogP contribution in [0.25, 0.3) is 0 Å². The zero-order valence-electron chi connectivity index (χ0n) is 9.93. The molecule has 1 heterocycles. The Morgan fingerprint density at radius 3 is 2.61 bits per heavy atom. The van der Waals surface area contributed by atoms with Crippen molar-refractivity contribution in [2.24, 2.45) is 0 Å². The number of rotatable bonds is 3. The van der Waals surface area contributed by atoms with Gasteiger partial charge in [0, 0.05) is 11.1 Å². The van der Waals surface area contributed by atoms with Gasteiger partial charge in [0.1, 0.15) is 17.4 Å². The van der Waals surface area contributed by atoms with Gasteiger partial charge in [-0.1, -0.05) is 0 Å². The van der Waals surface area contributed by atoms with Crippen molar-refractivity contribution in [3.8, 4) is 0 Å². The van der Waals surface area contributed by atoms with Crippen LogP contribution in [-0.4, -0.2) is 7.05 Å². The molecule has 0 aliphatic carbocycles. The Balaban J connectivity index is 2.55. The van der Waals surface area contributed by atoms with E-state index in [9.17, 15) is 8.78 Å². The first-order valence-corrected chi connectivity index (χ1v) is 6.19. The molecule has 0 spiro atoms. The van der Waals surface area contributed by atoms with Crippen LogP contribution < -0.4 is 5.32 Å².